The standard InChI is InChI=1S/C10H7N3O2S/c14-13(15)8-5-9(10(16)12-6-8)7-1-3-11-4-2-7/h1-6H,(H,12,16). The maximum atomic E-state index is 10.6. The Labute approximate surface area is 95.9 Å². The topological polar surface area (TPSA) is 71.8 Å². The Bertz CT molecular complexity index is 580. The molecule has 0 spiro atoms. The summed E-state index contributed by atoms with van der Waals surface area (Å²) < 4.78 is 0.469. The van der Waals surface area contributed by atoms with E-state index < -0.39 is 4.92 Å². The lowest BCUT2D eigenvalue weighted by Gasteiger charge is -2.00. The number of rotatable bonds is 2. The maximum absolute atomic E-state index is 10.6. The van der Waals surface area contributed by atoms with Crippen LogP contribution in [-0.2, 0) is 0 Å². The van der Waals surface area contributed by atoms with Gasteiger partial charge in [0.15, 0.2) is 0 Å². The minimum Gasteiger partial charge on any atom is -0.346 e. The van der Waals surface area contributed by atoms with Gasteiger partial charge in [0.1, 0.15) is 4.64 Å². The average molecular weight is 233 g/mol. The van der Waals surface area contributed by atoms with Crippen LogP contribution in [0.2, 0.25) is 0 Å². The number of pyridine rings is 2. The average Bonchev–Trinajstić information content (AvgIpc) is 2.30. The SMILES string of the molecule is O=[N+]([O-])c1c[nH]c(=S)c(-c2ccncc2)c1. The molecule has 0 aliphatic rings. The molecule has 6 heteroatoms. The van der Waals surface area contributed by atoms with Gasteiger partial charge in [-0.15, -0.1) is 0 Å². The smallest absolute Gasteiger partial charge is 0.286 e. The van der Waals surface area contributed by atoms with Crippen LogP contribution >= 0.6 is 12.2 Å². The molecule has 0 bridgehead atoms. The van der Waals surface area contributed by atoms with E-state index in [0.29, 0.717) is 10.2 Å². The second-order valence-corrected chi connectivity index (χ2v) is 3.50. The molecule has 2 aromatic rings. The quantitative estimate of drug-likeness (QED) is 0.491. The lowest BCUT2D eigenvalue weighted by molar-refractivity contribution is -0.385. The summed E-state index contributed by atoms with van der Waals surface area (Å²) in [6, 6.07) is 4.96. The second-order valence-electron chi connectivity index (χ2n) is 3.09. The molecular formula is C10H7N3O2S. The summed E-state index contributed by atoms with van der Waals surface area (Å²) in [6.07, 6.45) is 4.51. The summed E-state index contributed by atoms with van der Waals surface area (Å²) in [6.45, 7) is 0. The van der Waals surface area contributed by atoms with Crippen LogP contribution in [-0.4, -0.2) is 14.9 Å². The third-order valence-electron chi connectivity index (χ3n) is 2.09. The fourth-order valence-corrected chi connectivity index (χ4v) is 1.56. The van der Waals surface area contributed by atoms with Gasteiger partial charge in [-0.2, -0.15) is 0 Å². The first-order chi connectivity index (χ1) is 7.68. The summed E-state index contributed by atoms with van der Waals surface area (Å²) in [5, 5.41) is 10.6. The van der Waals surface area contributed by atoms with Gasteiger partial charge in [-0.05, 0) is 17.7 Å². The maximum Gasteiger partial charge on any atom is 0.286 e. The van der Waals surface area contributed by atoms with Crippen LogP contribution in [0.3, 0.4) is 0 Å². The van der Waals surface area contributed by atoms with Crippen molar-refractivity contribution in [2.24, 2.45) is 0 Å². The van der Waals surface area contributed by atoms with Crippen LogP contribution in [0.1, 0.15) is 0 Å². The van der Waals surface area contributed by atoms with Crippen molar-refractivity contribution < 1.29 is 4.92 Å². The molecule has 16 heavy (non-hydrogen) atoms. The van der Waals surface area contributed by atoms with Crippen molar-refractivity contribution in [2.45, 2.75) is 0 Å². The highest BCUT2D eigenvalue weighted by Gasteiger charge is 2.09. The molecule has 0 atom stereocenters. The molecule has 2 rings (SSSR count). The first-order valence-corrected chi connectivity index (χ1v) is 4.87. The molecule has 2 heterocycles. The summed E-state index contributed by atoms with van der Waals surface area (Å²) in [5.74, 6) is 0. The molecule has 0 saturated heterocycles. The Morgan fingerprint density at radius 2 is 2.06 bits per heavy atom. The van der Waals surface area contributed by atoms with Gasteiger partial charge in [-0.3, -0.25) is 15.1 Å². The van der Waals surface area contributed by atoms with Gasteiger partial charge in [0, 0.05) is 24.0 Å². The van der Waals surface area contributed by atoms with E-state index in [-0.39, 0.29) is 5.69 Å². The lowest BCUT2D eigenvalue weighted by Crippen LogP contribution is -1.91. The van der Waals surface area contributed by atoms with Crippen LogP contribution in [0.4, 0.5) is 5.69 Å². The zero-order valence-electron chi connectivity index (χ0n) is 8.08. The minimum atomic E-state index is -0.462. The van der Waals surface area contributed by atoms with Crippen LogP contribution in [0, 0.1) is 14.8 Å². The van der Waals surface area contributed by atoms with E-state index in [0.717, 1.165) is 5.56 Å². The van der Waals surface area contributed by atoms with Gasteiger partial charge < -0.3 is 4.98 Å². The summed E-state index contributed by atoms with van der Waals surface area (Å²) in [7, 11) is 0. The molecule has 5 nitrogen and oxygen atoms in total. The highest BCUT2D eigenvalue weighted by Crippen LogP contribution is 2.23. The van der Waals surface area contributed by atoms with E-state index in [1.54, 1.807) is 24.5 Å². The first kappa shape index (κ1) is 10.4. The van der Waals surface area contributed by atoms with Crippen molar-refractivity contribution in [3.05, 3.63) is 51.5 Å². The fraction of sp³-hybridized carbons (Fsp3) is 0. The first-order valence-electron chi connectivity index (χ1n) is 4.46. The summed E-state index contributed by atoms with van der Waals surface area (Å²) >= 11 is 5.08. The number of aromatic amines is 1. The second kappa shape index (κ2) is 4.19. The number of H-pyrrole nitrogens is 1. The molecule has 0 aliphatic carbocycles. The highest BCUT2D eigenvalue weighted by atomic mass is 32.1. The monoisotopic (exact) mass is 233 g/mol. The molecule has 0 aromatic carbocycles. The van der Waals surface area contributed by atoms with Gasteiger partial charge in [0.05, 0.1) is 11.1 Å². The van der Waals surface area contributed by atoms with E-state index in [9.17, 15) is 10.1 Å². The Morgan fingerprint density at radius 3 is 2.69 bits per heavy atom. The summed E-state index contributed by atoms with van der Waals surface area (Å²) in [4.78, 5) is 16.8. The normalized spacial score (nSPS) is 10.0. The summed E-state index contributed by atoms with van der Waals surface area (Å²) in [5.41, 5.74) is 1.42. The molecule has 0 radical (unpaired) electrons. The molecule has 80 valence electrons. The molecule has 0 aliphatic heterocycles. The van der Waals surface area contributed by atoms with Gasteiger partial charge in [-0.25, -0.2) is 0 Å². The van der Waals surface area contributed by atoms with E-state index in [1.165, 1.54) is 12.3 Å². The zero-order chi connectivity index (χ0) is 11.5. The van der Waals surface area contributed by atoms with Crippen molar-refractivity contribution in [2.75, 3.05) is 0 Å². The largest absolute Gasteiger partial charge is 0.346 e. The Balaban J connectivity index is 2.61. The minimum absolute atomic E-state index is 0.0135. The molecule has 0 amide bonds. The number of nitrogens with zero attached hydrogens (tertiary/aromatic N) is 2. The van der Waals surface area contributed by atoms with Crippen LogP contribution in [0.5, 0.6) is 0 Å². The van der Waals surface area contributed by atoms with Crippen molar-refractivity contribution >= 4 is 17.9 Å². The zero-order valence-corrected chi connectivity index (χ0v) is 8.90. The Hall–Kier alpha value is -2.08. The Morgan fingerprint density at radius 1 is 1.38 bits per heavy atom. The number of nitrogens with one attached hydrogen (secondary N) is 1. The van der Waals surface area contributed by atoms with Gasteiger partial charge in [-0.1, -0.05) is 12.2 Å². The van der Waals surface area contributed by atoms with Crippen LogP contribution in [0.15, 0.2) is 36.8 Å². The molecule has 0 saturated carbocycles. The van der Waals surface area contributed by atoms with Crippen molar-refractivity contribution in [1.82, 2.24) is 9.97 Å². The van der Waals surface area contributed by atoms with Gasteiger partial charge in [0.25, 0.3) is 5.69 Å². The lowest BCUT2D eigenvalue weighted by atomic mass is 10.1. The van der Waals surface area contributed by atoms with Crippen LogP contribution in [0.25, 0.3) is 11.1 Å². The number of hydrogen-bond donors (Lipinski definition) is 1. The molecule has 0 fully saturated rings. The third-order valence-corrected chi connectivity index (χ3v) is 2.43. The highest BCUT2D eigenvalue weighted by molar-refractivity contribution is 7.71. The fourth-order valence-electron chi connectivity index (χ4n) is 1.32. The predicted octanol–water partition coefficient (Wildman–Crippen LogP) is 2.71. The number of hydrogen-bond acceptors (Lipinski definition) is 4. The van der Waals surface area contributed by atoms with Crippen molar-refractivity contribution in [3.63, 3.8) is 0 Å². The molecule has 0 unspecified atom stereocenters. The van der Waals surface area contributed by atoms with Crippen molar-refractivity contribution in [1.29, 1.82) is 0 Å². The van der Waals surface area contributed by atoms with E-state index in [4.69, 9.17) is 12.2 Å². The van der Waals surface area contributed by atoms with Gasteiger partial charge >= 0.3 is 0 Å². The van der Waals surface area contributed by atoms with Crippen LogP contribution < -0.4 is 0 Å². The molecule has 1 N–H and O–H groups in total. The van der Waals surface area contributed by atoms with E-state index in [1.807, 2.05) is 0 Å². The number of nitro groups is 1. The number of aromatic nitrogens is 2. The van der Waals surface area contributed by atoms with Gasteiger partial charge in [0.2, 0.25) is 0 Å². The van der Waals surface area contributed by atoms with E-state index >= 15 is 0 Å². The molecule has 2 aromatic heterocycles. The molecular weight excluding hydrogens is 226 g/mol. The predicted molar refractivity (Wildman–Crippen MR) is 61.5 cm³/mol. The third kappa shape index (κ3) is 1.96. The Kier molecular flexibility index (Phi) is 2.74. The van der Waals surface area contributed by atoms with E-state index in [2.05, 4.69) is 9.97 Å². The van der Waals surface area contributed by atoms with Crippen molar-refractivity contribution in [3.8, 4) is 11.1 Å².